The number of nitrogens with one attached hydrogen (secondary N) is 1. The maximum absolute atomic E-state index is 11.9. The number of piperidine rings is 1. The van der Waals surface area contributed by atoms with E-state index < -0.39 is 0 Å². The average molecular weight is 199 g/mol. The van der Waals surface area contributed by atoms with E-state index in [1.807, 2.05) is 13.8 Å². The Morgan fingerprint density at radius 3 is 2.50 bits per heavy atom. The van der Waals surface area contributed by atoms with Crippen LogP contribution in [0.15, 0.2) is 0 Å². The van der Waals surface area contributed by atoms with Gasteiger partial charge in [0.2, 0.25) is 0 Å². The van der Waals surface area contributed by atoms with Gasteiger partial charge in [-0.3, -0.25) is 4.79 Å². The molecule has 0 unspecified atom stereocenters. The fourth-order valence-corrected chi connectivity index (χ4v) is 1.67. The van der Waals surface area contributed by atoms with Gasteiger partial charge >= 0.3 is 0 Å². The summed E-state index contributed by atoms with van der Waals surface area (Å²) in [5.41, 5.74) is -0.153. The molecule has 0 saturated carbocycles. The van der Waals surface area contributed by atoms with Crippen molar-refractivity contribution in [1.29, 1.82) is 0 Å². The fourth-order valence-electron chi connectivity index (χ4n) is 1.67. The monoisotopic (exact) mass is 199 g/mol. The maximum Gasteiger partial charge on any atom is 0.164 e. The van der Waals surface area contributed by atoms with E-state index in [0.29, 0.717) is 0 Å². The molecule has 0 aromatic heterocycles. The molecule has 0 aliphatic carbocycles. The summed E-state index contributed by atoms with van der Waals surface area (Å²) in [5.74, 6) is 0.257. The molecule has 1 aliphatic heterocycles. The van der Waals surface area contributed by atoms with Crippen molar-refractivity contribution >= 4 is 5.78 Å². The molecule has 3 nitrogen and oxygen atoms in total. The molecule has 82 valence electrons. The van der Waals surface area contributed by atoms with Crippen molar-refractivity contribution in [3.05, 3.63) is 0 Å². The smallest absolute Gasteiger partial charge is 0.164 e. The summed E-state index contributed by atoms with van der Waals surface area (Å²) in [4.78, 5) is 11.9. The third-order valence-corrected chi connectivity index (χ3v) is 2.93. The number of carbonyl (C=O) groups is 1. The Hall–Kier alpha value is -0.410. The van der Waals surface area contributed by atoms with Crippen molar-refractivity contribution in [2.24, 2.45) is 5.41 Å². The SMILES string of the molecule is CC(C)OCC(=O)C1(C)CCNCC1. The van der Waals surface area contributed by atoms with Crippen molar-refractivity contribution in [2.75, 3.05) is 19.7 Å². The first-order chi connectivity index (χ1) is 6.54. The number of ketones is 1. The molecule has 1 heterocycles. The van der Waals surface area contributed by atoms with Crippen LogP contribution in [0.1, 0.15) is 33.6 Å². The lowest BCUT2D eigenvalue weighted by Crippen LogP contribution is -2.41. The van der Waals surface area contributed by atoms with Gasteiger partial charge in [0.1, 0.15) is 6.61 Å². The summed E-state index contributed by atoms with van der Waals surface area (Å²) in [6.45, 7) is 8.14. The summed E-state index contributed by atoms with van der Waals surface area (Å²) in [7, 11) is 0. The molecule has 1 aliphatic rings. The van der Waals surface area contributed by atoms with E-state index >= 15 is 0 Å². The summed E-state index contributed by atoms with van der Waals surface area (Å²) in [6, 6.07) is 0. The van der Waals surface area contributed by atoms with Crippen molar-refractivity contribution in [1.82, 2.24) is 5.32 Å². The van der Waals surface area contributed by atoms with Crippen LogP contribution < -0.4 is 5.32 Å². The molecule has 0 atom stereocenters. The summed E-state index contributed by atoms with van der Waals surface area (Å²) in [5, 5.41) is 3.27. The number of rotatable bonds is 4. The van der Waals surface area contributed by atoms with Crippen LogP contribution in [0.2, 0.25) is 0 Å². The first-order valence-electron chi connectivity index (χ1n) is 5.40. The van der Waals surface area contributed by atoms with Crippen molar-refractivity contribution in [3.63, 3.8) is 0 Å². The van der Waals surface area contributed by atoms with Gasteiger partial charge in [-0.25, -0.2) is 0 Å². The predicted molar refractivity (Wildman–Crippen MR) is 56.3 cm³/mol. The minimum Gasteiger partial charge on any atom is -0.371 e. The molecule has 0 radical (unpaired) electrons. The zero-order valence-electron chi connectivity index (χ0n) is 9.43. The molecule has 14 heavy (non-hydrogen) atoms. The Bertz CT molecular complexity index is 195. The maximum atomic E-state index is 11.9. The van der Waals surface area contributed by atoms with Crippen LogP contribution in [0.3, 0.4) is 0 Å². The van der Waals surface area contributed by atoms with Gasteiger partial charge in [-0.2, -0.15) is 0 Å². The Kier molecular flexibility index (Phi) is 4.08. The topological polar surface area (TPSA) is 38.3 Å². The first kappa shape index (κ1) is 11.7. The lowest BCUT2D eigenvalue weighted by molar-refractivity contribution is -0.135. The molecule has 1 saturated heterocycles. The van der Waals surface area contributed by atoms with Crippen molar-refractivity contribution in [3.8, 4) is 0 Å². The quantitative estimate of drug-likeness (QED) is 0.743. The van der Waals surface area contributed by atoms with Gasteiger partial charge in [-0.05, 0) is 39.8 Å². The van der Waals surface area contributed by atoms with Crippen LogP contribution in [-0.4, -0.2) is 31.6 Å². The van der Waals surface area contributed by atoms with Crippen LogP contribution in [0, 0.1) is 5.41 Å². The molecular formula is C11H21NO2. The largest absolute Gasteiger partial charge is 0.371 e. The third-order valence-electron chi connectivity index (χ3n) is 2.93. The number of hydrogen-bond acceptors (Lipinski definition) is 3. The highest BCUT2D eigenvalue weighted by molar-refractivity contribution is 5.85. The molecule has 0 bridgehead atoms. The standard InChI is InChI=1S/C11H21NO2/c1-9(2)14-8-10(13)11(3)4-6-12-7-5-11/h9,12H,4-8H2,1-3H3. The molecule has 3 heteroatoms. The fraction of sp³-hybridized carbons (Fsp3) is 0.909. The van der Waals surface area contributed by atoms with Crippen molar-refractivity contribution in [2.45, 2.75) is 39.7 Å². The average Bonchev–Trinajstić information content (AvgIpc) is 2.15. The van der Waals surface area contributed by atoms with Gasteiger partial charge in [-0.15, -0.1) is 0 Å². The molecule has 0 aromatic rings. The van der Waals surface area contributed by atoms with Gasteiger partial charge < -0.3 is 10.1 Å². The Labute approximate surface area is 86.2 Å². The zero-order valence-corrected chi connectivity index (χ0v) is 9.43. The van der Waals surface area contributed by atoms with E-state index in [2.05, 4.69) is 12.2 Å². The Morgan fingerprint density at radius 2 is 2.00 bits per heavy atom. The van der Waals surface area contributed by atoms with Crippen LogP contribution in [-0.2, 0) is 9.53 Å². The van der Waals surface area contributed by atoms with Gasteiger partial charge in [0.05, 0.1) is 6.10 Å². The minimum absolute atomic E-state index is 0.143. The molecule has 1 N–H and O–H groups in total. The van der Waals surface area contributed by atoms with E-state index in [0.717, 1.165) is 25.9 Å². The van der Waals surface area contributed by atoms with Gasteiger partial charge in [0.25, 0.3) is 0 Å². The number of Topliss-reactive ketones (excluding diaryl/α,β-unsaturated/α-hetero) is 1. The van der Waals surface area contributed by atoms with Crippen LogP contribution in [0.25, 0.3) is 0 Å². The highest BCUT2D eigenvalue weighted by Crippen LogP contribution is 2.29. The highest BCUT2D eigenvalue weighted by atomic mass is 16.5. The molecule has 1 fully saturated rings. The van der Waals surface area contributed by atoms with Gasteiger partial charge in [0.15, 0.2) is 5.78 Å². The second kappa shape index (κ2) is 4.89. The van der Waals surface area contributed by atoms with Crippen LogP contribution >= 0.6 is 0 Å². The Balaban J connectivity index is 2.41. The second-order valence-corrected chi connectivity index (χ2v) is 4.59. The molecule has 0 spiro atoms. The van der Waals surface area contributed by atoms with Gasteiger partial charge in [0, 0.05) is 5.41 Å². The lowest BCUT2D eigenvalue weighted by Gasteiger charge is -2.32. The minimum atomic E-state index is -0.153. The van der Waals surface area contributed by atoms with E-state index in [1.54, 1.807) is 0 Å². The van der Waals surface area contributed by atoms with Gasteiger partial charge in [-0.1, -0.05) is 6.92 Å². The third kappa shape index (κ3) is 3.07. The van der Waals surface area contributed by atoms with E-state index in [-0.39, 0.29) is 23.9 Å². The van der Waals surface area contributed by atoms with E-state index in [9.17, 15) is 4.79 Å². The van der Waals surface area contributed by atoms with E-state index in [1.165, 1.54) is 0 Å². The summed E-state index contributed by atoms with van der Waals surface area (Å²) in [6.07, 6.45) is 2.02. The van der Waals surface area contributed by atoms with Crippen LogP contribution in [0.5, 0.6) is 0 Å². The van der Waals surface area contributed by atoms with Crippen molar-refractivity contribution < 1.29 is 9.53 Å². The molecule has 1 rings (SSSR count). The first-order valence-corrected chi connectivity index (χ1v) is 5.40. The number of carbonyl (C=O) groups excluding carboxylic acids is 1. The van der Waals surface area contributed by atoms with Crippen LogP contribution in [0.4, 0.5) is 0 Å². The normalized spacial score (nSPS) is 21.1. The zero-order chi connectivity index (χ0) is 10.6. The van der Waals surface area contributed by atoms with E-state index in [4.69, 9.17) is 4.74 Å². The highest BCUT2D eigenvalue weighted by Gasteiger charge is 2.34. The predicted octanol–water partition coefficient (Wildman–Crippen LogP) is 1.37. The second-order valence-electron chi connectivity index (χ2n) is 4.59. The molecule has 0 amide bonds. The summed E-state index contributed by atoms with van der Waals surface area (Å²) >= 11 is 0. The summed E-state index contributed by atoms with van der Waals surface area (Å²) < 4.78 is 5.35. The Morgan fingerprint density at radius 1 is 1.43 bits per heavy atom. The number of hydrogen-bond donors (Lipinski definition) is 1. The number of ether oxygens (including phenoxy) is 1. The lowest BCUT2D eigenvalue weighted by atomic mass is 9.77. The molecular weight excluding hydrogens is 178 g/mol. The molecule has 0 aromatic carbocycles.